The molecule has 2 rings (SSSR count). The Morgan fingerprint density at radius 2 is 2.21 bits per heavy atom. The standard InChI is InChI=1S/C11H14N2S/c1-2-13-6-8(7-14)10-5-9(12)3-4-11(10)13/h3-6,14H,2,7,12H2,1H3. The molecule has 0 atom stereocenters. The number of benzene rings is 1. The topological polar surface area (TPSA) is 30.9 Å². The van der Waals surface area contributed by atoms with Crippen LogP contribution in [-0.4, -0.2) is 4.57 Å². The van der Waals surface area contributed by atoms with Gasteiger partial charge in [0.2, 0.25) is 0 Å². The lowest BCUT2D eigenvalue weighted by atomic mass is 10.2. The first kappa shape index (κ1) is 9.46. The maximum absolute atomic E-state index is 5.76. The van der Waals surface area contributed by atoms with Gasteiger partial charge in [-0.2, -0.15) is 12.6 Å². The van der Waals surface area contributed by atoms with E-state index in [-0.39, 0.29) is 0 Å². The van der Waals surface area contributed by atoms with Gasteiger partial charge in [0.15, 0.2) is 0 Å². The Morgan fingerprint density at radius 3 is 2.86 bits per heavy atom. The van der Waals surface area contributed by atoms with Crippen molar-refractivity contribution in [2.75, 3.05) is 5.73 Å². The van der Waals surface area contributed by atoms with E-state index < -0.39 is 0 Å². The number of aromatic nitrogens is 1. The summed E-state index contributed by atoms with van der Waals surface area (Å²) in [5, 5.41) is 1.22. The van der Waals surface area contributed by atoms with Crippen LogP contribution in [0.2, 0.25) is 0 Å². The van der Waals surface area contributed by atoms with Crippen LogP contribution in [0.25, 0.3) is 10.9 Å². The largest absolute Gasteiger partial charge is 0.399 e. The third-order valence-corrected chi connectivity index (χ3v) is 2.84. The van der Waals surface area contributed by atoms with Crippen molar-refractivity contribution in [2.24, 2.45) is 0 Å². The van der Waals surface area contributed by atoms with E-state index in [9.17, 15) is 0 Å². The normalized spacial score (nSPS) is 11.0. The first-order valence-electron chi connectivity index (χ1n) is 4.74. The van der Waals surface area contributed by atoms with E-state index in [1.54, 1.807) is 0 Å². The molecule has 2 aromatic rings. The zero-order chi connectivity index (χ0) is 10.1. The van der Waals surface area contributed by atoms with Crippen LogP contribution in [-0.2, 0) is 12.3 Å². The Labute approximate surface area is 89.1 Å². The summed E-state index contributed by atoms with van der Waals surface area (Å²) in [7, 11) is 0. The van der Waals surface area contributed by atoms with Crippen molar-refractivity contribution in [1.29, 1.82) is 0 Å². The maximum Gasteiger partial charge on any atom is 0.0484 e. The summed E-state index contributed by atoms with van der Waals surface area (Å²) in [5.41, 5.74) is 9.07. The van der Waals surface area contributed by atoms with Gasteiger partial charge in [0, 0.05) is 35.1 Å². The van der Waals surface area contributed by atoms with Gasteiger partial charge in [-0.15, -0.1) is 0 Å². The number of thiol groups is 1. The van der Waals surface area contributed by atoms with Crippen molar-refractivity contribution in [1.82, 2.24) is 4.57 Å². The molecule has 1 heterocycles. The Hall–Kier alpha value is -1.09. The molecule has 3 heteroatoms. The van der Waals surface area contributed by atoms with Gasteiger partial charge in [-0.1, -0.05) is 0 Å². The fourth-order valence-corrected chi connectivity index (χ4v) is 2.03. The molecule has 1 aromatic carbocycles. The smallest absolute Gasteiger partial charge is 0.0484 e. The molecule has 0 spiro atoms. The number of nitrogen functional groups attached to an aromatic ring is 1. The summed E-state index contributed by atoms with van der Waals surface area (Å²) in [6, 6.07) is 6.03. The van der Waals surface area contributed by atoms with E-state index in [1.807, 2.05) is 12.1 Å². The van der Waals surface area contributed by atoms with Crippen molar-refractivity contribution in [3.05, 3.63) is 30.0 Å². The fraction of sp³-hybridized carbons (Fsp3) is 0.273. The summed E-state index contributed by atoms with van der Waals surface area (Å²) in [5.74, 6) is 0.757. The number of hydrogen-bond acceptors (Lipinski definition) is 2. The molecule has 14 heavy (non-hydrogen) atoms. The molecule has 0 radical (unpaired) electrons. The van der Waals surface area contributed by atoms with E-state index in [0.717, 1.165) is 18.0 Å². The van der Waals surface area contributed by atoms with Crippen molar-refractivity contribution in [3.63, 3.8) is 0 Å². The minimum absolute atomic E-state index is 0.757. The molecule has 0 aliphatic rings. The highest BCUT2D eigenvalue weighted by Crippen LogP contribution is 2.24. The molecule has 0 bridgehead atoms. The number of nitrogens with zero attached hydrogens (tertiary/aromatic N) is 1. The van der Waals surface area contributed by atoms with E-state index in [4.69, 9.17) is 5.73 Å². The first-order chi connectivity index (χ1) is 6.76. The van der Waals surface area contributed by atoms with Gasteiger partial charge in [0.25, 0.3) is 0 Å². The molecule has 0 amide bonds. The van der Waals surface area contributed by atoms with Gasteiger partial charge in [0.05, 0.1) is 0 Å². The lowest BCUT2D eigenvalue weighted by Crippen LogP contribution is -1.90. The molecule has 0 fully saturated rings. The van der Waals surface area contributed by atoms with E-state index in [0.29, 0.717) is 0 Å². The molecule has 0 saturated carbocycles. The van der Waals surface area contributed by atoms with Gasteiger partial charge in [0.1, 0.15) is 0 Å². The third-order valence-electron chi connectivity index (χ3n) is 2.50. The summed E-state index contributed by atoms with van der Waals surface area (Å²) < 4.78 is 2.22. The average Bonchev–Trinajstić information content (AvgIpc) is 2.55. The third kappa shape index (κ3) is 1.38. The molecule has 74 valence electrons. The van der Waals surface area contributed by atoms with E-state index in [1.165, 1.54) is 16.5 Å². The molecule has 0 aliphatic carbocycles. The zero-order valence-corrected chi connectivity index (χ0v) is 9.09. The summed E-state index contributed by atoms with van der Waals surface area (Å²) >= 11 is 4.32. The van der Waals surface area contributed by atoms with Crippen molar-refractivity contribution in [3.8, 4) is 0 Å². The number of rotatable bonds is 2. The van der Waals surface area contributed by atoms with Crippen LogP contribution in [0.5, 0.6) is 0 Å². The van der Waals surface area contributed by atoms with Crippen LogP contribution in [0.3, 0.4) is 0 Å². The second-order valence-electron chi connectivity index (χ2n) is 3.38. The van der Waals surface area contributed by atoms with Crippen LogP contribution < -0.4 is 5.73 Å². The van der Waals surface area contributed by atoms with Crippen LogP contribution in [0.4, 0.5) is 5.69 Å². The predicted molar refractivity (Wildman–Crippen MR) is 64.7 cm³/mol. The Balaban J connectivity index is 2.75. The monoisotopic (exact) mass is 206 g/mol. The molecule has 0 aliphatic heterocycles. The molecule has 2 N–H and O–H groups in total. The Kier molecular flexibility index (Phi) is 2.42. The van der Waals surface area contributed by atoms with Crippen molar-refractivity contribution < 1.29 is 0 Å². The minimum Gasteiger partial charge on any atom is -0.399 e. The van der Waals surface area contributed by atoms with Crippen LogP contribution in [0.1, 0.15) is 12.5 Å². The molecule has 2 nitrogen and oxygen atoms in total. The maximum atomic E-state index is 5.76. The first-order valence-corrected chi connectivity index (χ1v) is 5.37. The molecule has 0 saturated heterocycles. The van der Waals surface area contributed by atoms with Gasteiger partial charge in [-0.05, 0) is 30.7 Å². The summed E-state index contributed by atoms with van der Waals surface area (Å²) in [6.07, 6.45) is 2.15. The van der Waals surface area contributed by atoms with Crippen molar-refractivity contribution >= 4 is 29.2 Å². The highest BCUT2D eigenvalue weighted by atomic mass is 32.1. The van der Waals surface area contributed by atoms with Gasteiger partial charge in [-0.25, -0.2) is 0 Å². The number of nitrogens with two attached hydrogens (primary N) is 1. The quantitative estimate of drug-likeness (QED) is 0.574. The molecule has 0 unspecified atom stereocenters. The molecular formula is C11H14N2S. The average molecular weight is 206 g/mol. The predicted octanol–water partition coefficient (Wildman–Crippen LogP) is 2.67. The summed E-state index contributed by atoms with van der Waals surface area (Å²) in [6.45, 7) is 3.12. The Bertz CT molecular complexity index is 460. The number of anilines is 1. The molecule has 1 aromatic heterocycles. The highest BCUT2D eigenvalue weighted by molar-refractivity contribution is 7.79. The number of fused-ring (bicyclic) bond motifs is 1. The lowest BCUT2D eigenvalue weighted by molar-refractivity contribution is 0.795. The van der Waals surface area contributed by atoms with Gasteiger partial charge in [-0.3, -0.25) is 0 Å². The second-order valence-corrected chi connectivity index (χ2v) is 3.69. The summed E-state index contributed by atoms with van der Waals surface area (Å²) in [4.78, 5) is 0. The molecular weight excluding hydrogens is 192 g/mol. The minimum atomic E-state index is 0.757. The van der Waals surface area contributed by atoms with E-state index in [2.05, 4.69) is 36.4 Å². The second kappa shape index (κ2) is 3.58. The van der Waals surface area contributed by atoms with Gasteiger partial charge >= 0.3 is 0 Å². The Morgan fingerprint density at radius 1 is 1.43 bits per heavy atom. The van der Waals surface area contributed by atoms with Crippen LogP contribution in [0, 0.1) is 0 Å². The SMILES string of the molecule is CCn1cc(CS)c2cc(N)ccc21. The zero-order valence-electron chi connectivity index (χ0n) is 8.20. The van der Waals surface area contributed by atoms with E-state index >= 15 is 0 Å². The van der Waals surface area contributed by atoms with Crippen LogP contribution in [0.15, 0.2) is 24.4 Å². The van der Waals surface area contributed by atoms with Gasteiger partial charge < -0.3 is 10.3 Å². The van der Waals surface area contributed by atoms with Crippen LogP contribution >= 0.6 is 12.6 Å². The lowest BCUT2D eigenvalue weighted by Gasteiger charge is -2.00. The fourth-order valence-electron chi connectivity index (χ4n) is 1.78. The highest BCUT2D eigenvalue weighted by Gasteiger charge is 2.05. The van der Waals surface area contributed by atoms with Crippen molar-refractivity contribution in [2.45, 2.75) is 19.2 Å². The number of hydrogen-bond donors (Lipinski definition) is 2. The number of aryl methyl sites for hydroxylation is 1.